The SMILES string of the molecule is CCOC(=O)c1ccc(N2CCC(=O)CC2)c(OC)c1. The summed E-state index contributed by atoms with van der Waals surface area (Å²) in [5, 5.41) is 0. The highest BCUT2D eigenvalue weighted by Crippen LogP contribution is 2.31. The standard InChI is InChI=1S/C15H19NO4/c1-3-20-15(18)11-4-5-13(14(10-11)19-2)16-8-6-12(17)7-9-16/h4-5,10H,3,6-9H2,1-2H3. The quantitative estimate of drug-likeness (QED) is 0.788. The maximum Gasteiger partial charge on any atom is 0.338 e. The number of methoxy groups -OCH3 is 1. The summed E-state index contributed by atoms with van der Waals surface area (Å²) in [6, 6.07) is 5.26. The lowest BCUT2D eigenvalue weighted by Gasteiger charge is -2.29. The lowest BCUT2D eigenvalue weighted by Crippen LogP contribution is -2.34. The van der Waals surface area contributed by atoms with E-state index in [2.05, 4.69) is 4.90 Å². The number of carbonyl (C=O) groups is 2. The minimum Gasteiger partial charge on any atom is -0.495 e. The third-order valence-electron chi connectivity index (χ3n) is 3.35. The molecule has 0 unspecified atom stereocenters. The number of anilines is 1. The van der Waals surface area contributed by atoms with E-state index < -0.39 is 0 Å². The Kier molecular flexibility index (Phi) is 4.61. The summed E-state index contributed by atoms with van der Waals surface area (Å²) in [6.07, 6.45) is 1.12. The molecule has 0 spiro atoms. The van der Waals surface area contributed by atoms with Crippen LogP contribution in [0, 0.1) is 0 Å². The lowest BCUT2D eigenvalue weighted by atomic mass is 10.1. The number of Topliss-reactive ketones (excluding diaryl/α,β-unsaturated/α-hetero) is 1. The summed E-state index contributed by atoms with van der Waals surface area (Å²) >= 11 is 0. The van der Waals surface area contributed by atoms with Gasteiger partial charge in [-0.1, -0.05) is 0 Å². The van der Waals surface area contributed by atoms with E-state index in [-0.39, 0.29) is 5.97 Å². The van der Waals surface area contributed by atoms with Crippen molar-refractivity contribution < 1.29 is 19.1 Å². The Morgan fingerprint density at radius 2 is 2.00 bits per heavy atom. The van der Waals surface area contributed by atoms with Crippen LogP contribution in [0.25, 0.3) is 0 Å². The molecule has 0 aromatic heterocycles. The van der Waals surface area contributed by atoms with Gasteiger partial charge in [0.1, 0.15) is 11.5 Å². The normalized spacial score (nSPS) is 15.1. The van der Waals surface area contributed by atoms with Gasteiger partial charge < -0.3 is 14.4 Å². The van der Waals surface area contributed by atoms with Crippen LogP contribution < -0.4 is 9.64 Å². The molecule has 1 heterocycles. The molecule has 0 N–H and O–H groups in total. The van der Waals surface area contributed by atoms with Gasteiger partial charge in [-0.15, -0.1) is 0 Å². The number of ether oxygens (including phenoxy) is 2. The molecule has 2 rings (SSSR count). The molecule has 5 heteroatoms. The first-order chi connectivity index (χ1) is 9.65. The van der Waals surface area contributed by atoms with E-state index in [0.29, 0.717) is 49.6 Å². The summed E-state index contributed by atoms with van der Waals surface area (Å²) in [5.41, 5.74) is 1.38. The highest BCUT2D eigenvalue weighted by molar-refractivity contribution is 5.91. The van der Waals surface area contributed by atoms with Crippen LogP contribution in [-0.2, 0) is 9.53 Å². The summed E-state index contributed by atoms with van der Waals surface area (Å²) in [6.45, 7) is 3.49. The van der Waals surface area contributed by atoms with E-state index in [4.69, 9.17) is 9.47 Å². The Morgan fingerprint density at radius 3 is 2.60 bits per heavy atom. The largest absolute Gasteiger partial charge is 0.495 e. The maximum absolute atomic E-state index is 11.7. The predicted molar refractivity (Wildman–Crippen MR) is 75.4 cm³/mol. The monoisotopic (exact) mass is 277 g/mol. The number of benzene rings is 1. The van der Waals surface area contributed by atoms with Gasteiger partial charge in [-0.3, -0.25) is 4.79 Å². The van der Waals surface area contributed by atoms with Crippen molar-refractivity contribution in [3.8, 4) is 5.75 Å². The van der Waals surface area contributed by atoms with Crippen LogP contribution in [0.3, 0.4) is 0 Å². The second-order valence-corrected chi connectivity index (χ2v) is 4.63. The average molecular weight is 277 g/mol. The lowest BCUT2D eigenvalue weighted by molar-refractivity contribution is -0.119. The highest BCUT2D eigenvalue weighted by atomic mass is 16.5. The fraction of sp³-hybridized carbons (Fsp3) is 0.467. The number of rotatable bonds is 4. The van der Waals surface area contributed by atoms with Crippen molar-refractivity contribution in [1.29, 1.82) is 0 Å². The zero-order valence-electron chi connectivity index (χ0n) is 11.8. The minimum absolute atomic E-state index is 0.295. The Balaban J connectivity index is 2.21. The molecule has 1 aromatic carbocycles. The molecule has 0 radical (unpaired) electrons. The molecular formula is C15H19NO4. The second kappa shape index (κ2) is 6.41. The number of hydrogen-bond donors (Lipinski definition) is 0. The first-order valence-electron chi connectivity index (χ1n) is 6.77. The highest BCUT2D eigenvalue weighted by Gasteiger charge is 2.20. The van der Waals surface area contributed by atoms with Crippen LogP contribution in [0.5, 0.6) is 5.75 Å². The molecule has 20 heavy (non-hydrogen) atoms. The topological polar surface area (TPSA) is 55.8 Å². The first kappa shape index (κ1) is 14.4. The Labute approximate surface area is 118 Å². The zero-order valence-corrected chi connectivity index (χ0v) is 11.8. The van der Waals surface area contributed by atoms with Crippen LogP contribution in [0.15, 0.2) is 18.2 Å². The molecule has 0 saturated carbocycles. The van der Waals surface area contributed by atoms with Crippen LogP contribution in [0.2, 0.25) is 0 Å². The van der Waals surface area contributed by atoms with Gasteiger partial charge in [-0.05, 0) is 25.1 Å². The van der Waals surface area contributed by atoms with Crippen LogP contribution in [0.1, 0.15) is 30.1 Å². The van der Waals surface area contributed by atoms with Crippen LogP contribution in [0.4, 0.5) is 5.69 Å². The molecule has 0 aliphatic carbocycles. The van der Waals surface area contributed by atoms with E-state index in [0.717, 1.165) is 5.69 Å². The summed E-state index contributed by atoms with van der Waals surface area (Å²) in [7, 11) is 1.57. The molecule has 5 nitrogen and oxygen atoms in total. The number of nitrogens with zero attached hydrogens (tertiary/aromatic N) is 1. The van der Waals surface area contributed by atoms with Gasteiger partial charge in [0.05, 0.1) is 25.0 Å². The molecular weight excluding hydrogens is 258 g/mol. The molecule has 0 atom stereocenters. The van der Waals surface area contributed by atoms with Crippen molar-refractivity contribution in [3.05, 3.63) is 23.8 Å². The van der Waals surface area contributed by atoms with Crippen LogP contribution in [-0.4, -0.2) is 38.6 Å². The van der Waals surface area contributed by atoms with Crippen molar-refractivity contribution in [2.45, 2.75) is 19.8 Å². The second-order valence-electron chi connectivity index (χ2n) is 4.63. The van der Waals surface area contributed by atoms with E-state index in [9.17, 15) is 9.59 Å². The first-order valence-corrected chi connectivity index (χ1v) is 6.77. The summed E-state index contributed by atoms with van der Waals surface area (Å²) in [5.74, 6) is 0.569. The molecule has 0 amide bonds. The van der Waals surface area contributed by atoms with E-state index in [1.807, 2.05) is 6.07 Å². The Bertz CT molecular complexity index is 503. The number of piperidine rings is 1. The summed E-state index contributed by atoms with van der Waals surface area (Å²) in [4.78, 5) is 25.1. The molecule has 1 aromatic rings. The number of carbonyl (C=O) groups excluding carboxylic acids is 2. The summed E-state index contributed by atoms with van der Waals surface area (Å²) < 4.78 is 10.3. The minimum atomic E-state index is -0.355. The van der Waals surface area contributed by atoms with Crippen LogP contribution >= 0.6 is 0 Å². The smallest absolute Gasteiger partial charge is 0.338 e. The fourth-order valence-corrected chi connectivity index (χ4v) is 2.28. The van der Waals surface area contributed by atoms with Gasteiger partial charge in [0.25, 0.3) is 0 Å². The van der Waals surface area contributed by atoms with Gasteiger partial charge >= 0.3 is 5.97 Å². The third kappa shape index (κ3) is 3.10. The van der Waals surface area contributed by atoms with Crippen molar-refractivity contribution >= 4 is 17.4 Å². The predicted octanol–water partition coefficient (Wildman–Crippen LogP) is 2.04. The molecule has 1 fully saturated rings. The van der Waals surface area contributed by atoms with Crippen molar-refractivity contribution in [2.24, 2.45) is 0 Å². The number of esters is 1. The molecule has 1 saturated heterocycles. The van der Waals surface area contributed by atoms with Gasteiger partial charge in [0.2, 0.25) is 0 Å². The third-order valence-corrected chi connectivity index (χ3v) is 3.35. The Morgan fingerprint density at radius 1 is 1.30 bits per heavy atom. The average Bonchev–Trinajstić information content (AvgIpc) is 2.47. The molecule has 1 aliphatic heterocycles. The molecule has 108 valence electrons. The van der Waals surface area contributed by atoms with Gasteiger partial charge in [0.15, 0.2) is 0 Å². The maximum atomic E-state index is 11.7. The number of hydrogen-bond acceptors (Lipinski definition) is 5. The number of ketones is 1. The fourth-order valence-electron chi connectivity index (χ4n) is 2.28. The zero-order chi connectivity index (χ0) is 14.5. The van der Waals surface area contributed by atoms with E-state index in [1.54, 1.807) is 26.2 Å². The van der Waals surface area contributed by atoms with E-state index >= 15 is 0 Å². The molecule has 0 bridgehead atoms. The van der Waals surface area contributed by atoms with Crippen molar-refractivity contribution in [1.82, 2.24) is 0 Å². The Hall–Kier alpha value is -2.04. The molecule has 1 aliphatic rings. The van der Waals surface area contributed by atoms with Gasteiger partial charge in [-0.2, -0.15) is 0 Å². The van der Waals surface area contributed by atoms with E-state index in [1.165, 1.54) is 0 Å². The van der Waals surface area contributed by atoms with Crippen molar-refractivity contribution in [2.75, 3.05) is 31.7 Å². The van der Waals surface area contributed by atoms with Gasteiger partial charge in [-0.25, -0.2) is 4.79 Å². The van der Waals surface area contributed by atoms with Crippen molar-refractivity contribution in [3.63, 3.8) is 0 Å². The van der Waals surface area contributed by atoms with Gasteiger partial charge in [0, 0.05) is 25.9 Å².